The molecule has 0 fully saturated rings. The van der Waals surface area contributed by atoms with Gasteiger partial charge in [-0.2, -0.15) is 0 Å². The van der Waals surface area contributed by atoms with Crippen molar-refractivity contribution in [2.75, 3.05) is 26.2 Å². The predicted octanol–water partition coefficient (Wildman–Crippen LogP) is 2.22. The molecule has 0 aliphatic carbocycles. The normalized spacial score (nSPS) is 10.8. The second kappa shape index (κ2) is 9.98. The van der Waals surface area contributed by atoms with Gasteiger partial charge in [-0.05, 0) is 55.2 Å². The monoisotopic (exact) mass is 313 g/mol. The predicted molar refractivity (Wildman–Crippen MR) is 96.4 cm³/mol. The number of nitrogens with one attached hydrogen (secondary N) is 2. The standard InChI is InChI=1S/C19H27N3O/c20-11-6-13-21-12-3-4-14-22-19(23)15-17-9-5-8-16-7-1-2-10-18(16)17/h1-2,5,7-10,21H,3-4,6,11-15,20H2,(H,22,23). The first kappa shape index (κ1) is 17.4. The number of amides is 1. The van der Waals surface area contributed by atoms with Crippen LogP contribution in [0.3, 0.4) is 0 Å². The Labute approximate surface area is 138 Å². The van der Waals surface area contributed by atoms with Gasteiger partial charge in [-0.15, -0.1) is 0 Å². The van der Waals surface area contributed by atoms with Crippen molar-refractivity contribution in [3.05, 3.63) is 48.0 Å². The van der Waals surface area contributed by atoms with Crippen LogP contribution in [0.25, 0.3) is 10.8 Å². The Morgan fingerprint density at radius 2 is 1.65 bits per heavy atom. The van der Waals surface area contributed by atoms with Gasteiger partial charge in [0, 0.05) is 6.54 Å². The van der Waals surface area contributed by atoms with Gasteiger partial charge in [0.1, 0.15) is 0 Å². The zero-order valence-corrected chi connectivity index (χ0v) is 13.7. The number of carbonyl (C=O) groups is 1. The first-order valence-corrected chi connectivity index (χ1v) is 8.45. The fourth-order valence-corrected chi connectivity index (χ4v) is 2.64. The molecule has 23 heavy (non-hydrogen) atoms. The topological polar surface area (TPSA) is 67.2 Å². The highest BCUT2D eigenvalue weighted by Crippen LogP contribution is 2.18. The summed E-state index contributed by atoms with van der Waals surface area (Å²) in [5, 5.41) is 8.70. The lowest BCUT2D eigenvalue weighted by atomic mass is 10.0. The third-order valence-corrected chi connectivity index (χ3v) is 3.89. The molecule has 0 atom stereocenters. The van der Waals surface area contributed by atoms with Gasteiger partial charge in [0.2, 0.25) is 5.91 Å². The molecule has 0 aliphatic rings. The van der Waals surface area contributed by atoms with E-state index in [2.05, 4.69) is 28.8 Å². The Hall–Kier alpha value is -1.91. The van der Waals surface area contributed by atoms with Gasteiger partial charge >= 0.3 is 0 Å². The minimum Gasteiger partial charge on any atom is -0.356 e. The molecule has 0 saturated carbocycles. The lowest BCUT2D eigenvalue weighted by Gasteiger charge is -2.08. The SMILES string of the molecule is NCCCNCCCCNC(=O)Cc1cccc2ccccc12. The van der Waals surface area contributed by atoms with Crippen LogP contribution in [-0.4, -0.2) is 32.1 Å². The van der Waals surface area contributed by atoms with Crippen molar-refractivity contribution in [2.45, 2.75) is 25.7 Å². The van der Waals surface area contributed by atoms with Gasteiger partial charge in [-0.25, -0.2) is 0 Å². The molecule has 2 aromatic rings. The van der Waals surface area contributed by atoms with E-state index in [0.29, 0.717) is 6.42 Å². The highest BCUT2D eigenvalue weighted by Gasteiger charge is 2.06. The first-order chi connectivity index (χ1) is 11.3. The molecule has 0 saturated heterocycles. The molecular formula is C19H27N3O. The summed E-state index contributed by atoms with van der Waals surface area (Å²) in [7, 11) is 0. The van der Waals surface area contributed by atoms with Gasteiger partial charge in [0.15, 0.2) is 0 Å². The molecule has 2 rings (SSSR count). The Balaban J connectivity index is 1.68. The smallest absolute Gasteiger partial charge is 0.224 e. The fourth-order valence-electron chi connectivity index (χ4n) is 2.64. The number of unbranched alkanes of at least 4 members (excludes halogenated alkanes) is 1. The molecule has 4 heteroatoms. The number of hydrogen-bond donors (Lipinski definition) is 3. The molecule has 0 heterocycles. The summed E-state index contributed by atoms with van der Waals surface area (Å²) in [6.45, 7) is 3.43. The van der Waals surface area contributed by atoms with Crippen LogP contribution in [-0.2, 0) is 11.2 Å². The molecule has 4 nitrogen and oxygen atoms in total. The summed E-state index contributed by atoms with van der Waals surface area (Å²) < 4.78 is 0. The van der Waals surface area contributed by atoms with Crippen molar-refractivity contribution in [2.24, 2.45) is 5.73 Å². The summed E-state index contributed by atoms with van der Waals surface area (Å²) in [5.41, 5.74) is 6.52. The van der Waals surface area contributed by atoms with Crippen LogP contribution in [0.1, 0.15) is 24.8 Å². The molecule has 0 bridgehead atoms. The average Bonchev–Trinajstić information content (AvgIpc) is 2.57. The van der Waals surface area contributed by atoms with Crippen LogP contribution < -0.4 is 16.4 Å². The van der Waals surface area contributed by atoms with E-state index in [1.165, 1.54) is 5.39 Å². The van der Waals surface area contributed by atoms with E-state index in [9.17, 15) is 4.79 Å². The summed E-state index contributed by atoms with van der Waals surface area (Å²) in [5.74, 6) is 0.0949. The molecule has 4 N–H and O–H groups in total. The van der Waals surface area contributed by atoms with E-state index >= 15 is 0 Å². The highest BCUT2D eigenvalue weighted by molar-refractivity contribution is 5.90. The molecule has 0 spiro atoms. The zero-order chi connectivity index (χ0) is 16.3. The van der Waals surface area contributed by atoms with E-state index < -0.39 is 0 Å². The molecule has 0 aliphatic heterocycles. The van der Waals surface area contributed by atoms with Gasteiger partial charge in [-0.3, -0.25) is 4.79 Å². The van der Waals surface area contributed by atoms with Gasteiger partial charge in [0.25, 0.3) is 0 Å². The van der Waals surface area contributed by atoms with Gasteiger partial charge < -0.3 is 16.4 Å². The number of nitrogens with two attached hydrogens (primary N) is 1. The minimum absolute atomic E-state index is 0.0949. The third kappa shape index (κ3) is 6.00. The second-order valence-corrected chi connectivity index (χ2v) is 5.76. The van der Waals surface area contributed by atoms with E-state index in [4.69, 9.17) is 5.73 Å². The summed E-state index contributed by atoms with van der Waals surface area (Å²) >= 11 is 0. The molecule has 1 amide bonds. The fraction of sp³-hybridized carbons (Fsp3) is 0.421. The van der Waals surface area contributed by atoms with E-state index in [1.807, 2.05) is 24.3 Å². The van der Waals surface area contributed by atoms with Crippen LogP contribution in [0.15, 0.2) is 42.5 Å². The Bertz CT molecular complexity index is 607. The molecule has 0 unspecified atom stereocenters. The number of fused-ring (bicyclic) bond motifs is 1. The van der Waals surface area contributed by atoms with E-state index in [-0.39, 0.29) is 5.91 Å². The molecule has 0 radical (unpaired) electrons. The Morgan fingerprint density at radius 1 is 0.913 bits per heavy atom. The average molecular weight is 313 g/mol. The quantitative estimate of drug-likeness (QED) is 0.589. The Morgan fingerprint density at radius 3 is 2.52 bits per heavy atom. The van der Waals surface area contributed by atoms with E-state index in [0.717, 1.165) is 56.4 Å². The van der Waals surface area contributed by atoms with Crippen LogP contribution in [0.4, 0.5) is 0 Å². The van der Waals surface area contributed by atoms with Crippen molar-refractivity contribution in [3.63, 3.8) is 0 Å². The van der Waals surface area contributed by atoms with Crippen LogP contribution in [0.2, 0.25) is 0 Å². The second-order valence-electron chi connectivity index (χ2n) is 5.76. The lowest BCUT2D eigenvalue weighted by Crippen LogP contribution is -2.27. The van der Waals surface area contributed by atoms with Crippen molar-refractivity contribution in [3.8, 4) is 0 Å². The largest absolute Gasteiger partial charge is 0.356 e. The summed E-state index contributed by atoms with van der Waals surface area (Å²) in [6.07, 6.45) is 3.52. The number of rotatable bonds is 10. The van der Waals surface area contributed by atoms with Crippen molar-refractivity contribution >= 4 is 16.7 Å². The zero-order valence-electron chi connectivity index (χ0n) is 13.7. The molecule has 2 aromatic carbocycles. The summed E-state index contributed by atoms with van der Waals surface area (Å²) in [4.78, 5) is 12.1. The van der Waals surface area contributed by atoms with Crippen LogP contribution in [0.5, 0.6) is 0 Å². The number of hydrogen-bond acceptors (Lipinski definition) is 3. The van der Waals surface area contributed by atoms with Crippen molar-refractivity contribution < 1.29 is 4.79 Å². The van der Waals surface area contributed by atoms with E-state index in [1.54, 1.807) is 0 Å². The van der Waals surface area contributed by atoms with Crippen LogP contribution in [0, 0.1) is 0 Å². The maximum Gasteiger partial charge on any atom is 0.224 e. The van der Waals surface area contributed by atoms with Gasteiger partial charge in [-0.1, -0.05) is 42.5 Å². The van der Waals surface area contributed by atoms with Gasteiger partial charge in [0.05, 0.1) is 6.42 Å². The minimum atomic E-state index is 0.0949. The van der Waals surface area contributed by atoms with Crippen LogP contribution >= 0.6 is 0 Å². The number of benzene rings is 2. The molecule has 124 valence electrons. The Kier molecular flexibility index (Phi) is 7.57. The maximum absolute atomic E-state index is 12.1. The molecular weight excluding hydrogens is 286 g/mol. The number of carbonyl (C=O) groups excluding carboxylic acids is 1. The highest BCUT2D eigenvalue weighted by atomic mass is 16.1. The van der Waals surface area contributed by atoms with Crippen molar-refractivity contribution in [1.29, 1.82) is 0 Å². The lowest BCUT2D eigenvalue weighted by molar-refractivity contribution is -0.120. The maximum atomic E-state index is 12.1. The first-order valence-electron chi connectivity index (χ1n) is 8.45. The molecule has 0 aromatic heterocycles. The van der Waals surface area contributed by atoms with Crippen molar-refractivity contribution in [1.82, 2.24) is 10.6 Å². The third-order valence-electron chi connectivity index (χ3n) is 3.89. The summed E-state index contributed by atoms with van der Waals surface area (Å²) in [6, 6.07) is 14.3.